The molecule has 0 radical (unpaired) electrons. The van der Waals surface area contributed by atoms with Gasteiger partial charge < -0.3 is 9.80 Å². The molecule has 0 N–H and O–H groups in total. The van der Waals surface area contributed by atoms with Crippen LogP contribution in [0.1, 0.15) is 13.3 Å². The highest BCUT2D eigenvalue weighted by Gasteiger charge is 2.29. The van der Waals surface area contributed by atoms with Gasteiger partial charge in [0.2, 0.25) is 0 Å². The van der Waals surface area contributed by atoms with Crippen LogP contribution in [0.25, 0.3) is 10.3 Å². The first-order valence-corrected chi connectivity index (χ1v) is 9.21. The van der Waals surface area contributed by atoms with Crippen molar-refractivity contribution in [2.45, 2.75) is 23.7 Å². The molecule has 2 aromatic heterocycles. The fraction of sp³-hybridized carbons (Fsp3) is 0.643. The summed E-state index contributed by atoms with van der Waals surface area (Å²) in [5.41, 5.74) is 0.821. The maximum absolute atomic E-state index is 4.55. The van der Waals surface area contributed by atoms with Gasteiger partial charge in [0.15, 0.2) is 15.8 Å². The minimum atomic E-state index is 0.527. The van der Waals surface area contributed by atoms with Crippen LogP contribution in [0.3, 0.4) is 0 Å². The van der Waals surface area contributed by atoms with E-state index in [9.17, 15) is 0 Å². The fourth-order valence-electron chi connectivity index (χ4n) is 3.14. The first-order valence-electron chi connectivity index (χ1n) is 7.17. The third kappa shape index (κ3) is 2.86. The maximum Gasteiger partial charge on any atom is 0.176 e. The number of rotatable bonds is 3. The molecular formula is C14H21N5S2. The third-order valence-electron chi connectivity index (χ3n) is 4.22. The van der Waals surface area contributed by atoms with Crippen molar-refractivity contribution in [2.24, 2.45) is 5.92 Å². The molecule has 2 unspecified atom stereocenters. The van der Waals surface area contributed by atoms with E-state index in [0.717, 1.165) is 33.6 Å². The Kier molecular flexibility index (Phi) is 4.33. The Morgan fingerprint density at radius 1 is 1.43 bits per heavy atom. The number of piperidine rings is 1. The summed E-state index contributed by atoms with van der Waals surface area (Å²) in [7, 11) is 4.36. The summed E-state index contributed by atoms with van der Waals surface area (Å²) in [5.74, 6) is 1.66. The topological polar surface area (TPSA) is 45.2 Å². The van der Waals surface area contributed by atoms with Crippen molar-refractivity contribution in [3.05, 3.63) is 6.33 Å². The van der Waals surface area contributed by atoms with E-state index in [1.54, 1.807) is 29.4 Å². The molecule has 1 saturated heterocycles. The number of likely N-dealkylation sites (tertiary alicyclic amines) is 1. The molecule has 3 heterocycles. The Balaban J connectivity index is 1.94. The Labute approximate surface area is 133 Å². The second-order valence-electron chi connectivity index (χ2n) is 5.74. The van der Waals surface area contributed by atoms with Crippen LogP contribution in [-0.4, -0.2) is 59.3 Å². The average molecular weight is 323 g/mol. The van der Waals surface area contributed by atoms with Gasteiger partial charge in [-0.1, -0.05) is 18.7 Å². The standard InChI is InChI=1S/C14H21N5S2/c1-9-7-18(2)6-5-10(9)19(3)13-11-12(15-8-16-13)17-14(20-4)21-11/h8-10H,5-7H2,1-4H3. The number of hydrogen-bond acceptors (Lipinski definition) is 7. The molecule has 5 nitrogen and oxygen atoms in total. The van der Waals surface area contributed by atoms with Gasteiger partial charge in [-0.15, -0.1) is 11.3 Å². The summed E-state index contributed by atoms with van der Waals surface area (Å²) in [4.78, 5) is 18.1. The highest BCUT2D eigenvalue weighted by Crippen LogP contribution is 2.34. The Bertz CT molecular complexity index is 629. The Morgan fingerprint density at radius 2 is 2.24 bits per heavy atom. The Hall–Kier alpha value is -0.920. The van der Waals surface area contributed by atoms with E-state index >= 15 is 0 Å². The molecule has 1 aliphatic heterocycles. The van der Waals surface area contributed by atoms with Crippen LogP contribution in [-0.2, 0) is 0 Å². The number of nitrogens with zero attached hydrogens (tertiary/aromatic N) is 5. The van der Waals surface area contributed by atoms with Gasteiger partial charge in [0.1, 0.15) is 11.0 Å². The first-order chi connectivity index (χ1) is 10.1. The lowest BCUT2D eigenvalue weighted by Crippen LogP contribution is -2.48. The van der Waals surface area contributed by atoms with Crippen molar-refractivity contribution in [3.63, 3.8) is 0 Å². The zero-order valence-electron chi connectivity index (χ0n) is 12.9. The minimum absolute atomic E-state index is 0.527. The highest BCUT2D eigenvalue weighted by molar-refractivity contribution is 8.00. The van der Waals surface area contributed by atoms with Gasteiger partial charge in [0.05, 0.1) is 0 Å². The van der Waals surface area contributed by atoms with Gasteiger partial charge in [-0.3, -0.25) is 0 Å². The monoisotopic (exact) mass is 323 g/mol. The van der Waals surface area contributed by atoms with Gasteiger partial charge in [0, 0.05) is 19.6 Å². The maximum atomic E-state index is 4.55. The molecule has 0 saturated carbocycles. The number of thioether (sulfide) groups is 1. The summed E-state index contributed by atoms with van der Waals surface area (Å²) in [6.45, 7) is 4.61. The lowest BCUT2D eigenvalue weighted by atomic mass is 9.93. The normalized spacial score (nSPS) is 23.6. The average Bonchev–Trinajstić information content (AvgIpc) is 2.89. The molecule has 2 atom stereocenters. The number of anilines is 1. The second kappa shape index (κ2) is 6.06. The van der Waals surface area contributed by atoms with Crippen LogP contribution in [0, 0.1) is 5.92 Å². The molecule has 1 fully saturated rings. The molecular weight excluding hydrogens is 302 g/mol. The largest absolute Gasteiger partial charge is 0.355 e. The van der Waals surface area contributed by atoms with Crippen LogP contribution < -0.4 is 4.90 Å². The lowest BCUT2D eigenvalue weighted by molar-refractivity contribution is 0.193. The van der Waals surface area contributed by atoms with Gasteiger partial charge in [0.25, 0.3) is 0 Å². The van der Waals surface area contributed by atoms with Crippen molar-refractivity contribution in [1.29, 1.82) is 0 Å². The molecule has 0 spiro atoms. The molecule has 0 bridgehead atoms. The van der Waals surface area contributed by atoms with E-state index in [1.807, 2.05) is 6.26 Å². The molecule has 3 rings (SSSR count). The third-order valence-corrected chi connectivity index (χ3v) is 6.25. The van der Waals surface area contributed by atoms with E-state index in [1.165, 1.54) is 6.42 Å². The molecule has 114 valence electrons. The number of fused-ring (bicyclic) bond motifs is 1. The van der Waals surface area contributed by atoms with Crippen molar-refractivity contribution in [1.82, 2.24) is 19.9 Å². The highest BCUT2D eigenvalue weighted by atomic mass is 32.2. The predicted octanol–water partition coefficient (Wildman–Crippen LogP) is 2.58. The van der Waals surface area contributed by atoms with Crippen molar-refractivity contribution < 1.29 is 0 Å². The predicted molar refractivity (Wildman–Crippen MR) is 90.5 cm³/mol. The smallest absolute Gasteiger partial charge is 0.176 e. The van der Waals surface area contributed by atoms with E-state index < -0.39 is 0 Å². The van der Waals surface area contributed by atoms with Crippen LogP contribution in [0.15, 0.2) is 10.7 Å². The molecule has 7 heteroatoms. The summed E-state index contributed by atoms with van der Waals surface area (Å²) < 4.78 is 2.16. The van der Waals surface area contributed by atoms with Crippen molar-refractivity contribution in [2.75, 3.05) is 38.3 Å². The van der Waals surface area contributed by atoms with Crippen LogP contribution in [0.4, 0.5) is 5.82 Å². The molecule has 2 aromatic rings. The lowest BCUT2D eigenvalue weighted by Gasteiger charge is -2.40. The van der Waals surface area contributed by atoms with Gasteiger partial charge in [-0.05, 0) is 32.2 Å². The van der Waals surface area contributed by atoms with Gasteiger partial charge in [-0.25, -0.2) is 15.0 Å². The SMILES string of the molecule is CSc1nc2ncnc(N(C)C3CCN(C)CC3C)c2s1. The number of hydrogen-bond donors (Lipinski definition) is 0. The summed E-state index contributed by atoms with van der Waals surface area (Å²) in [6.07, 6.45) is 4.86. The first kappa shape index (κ1) is 15.0. The van der Waals surface area contributed by atoms with Gasteiger partial charge in [-0.2, -0.15) is 0 Å². The van der Waals surface area contributed by atoms with E-state index in [0.29, 0.717) is 12.0 Å². The zero-order valence-corrected chi connectivity index (χ0v) is 14.5. The molecule has 0 aromatic carbocycles. The number of thiazole rings is 1. The summed E-state index contributed by atoms with van der Waals surface area (Å²) >= 11 is 3.36. The van der Waals surface area contributed by atoms with Crippen LogP contribution >= 0.6 is 23.1 Å². The van der Waals surface area contributed by atoms with Crippen LogP contribution in [0.2, 0.25) is 0 Å². The minimum Gasteiger partial charge on any atom is -0.355 e. The second-order valence-corrected chi connectivity index (χ2v) is 7.79. The zero-order chi connectivity index (χ0) is 15.0. The fourth-order valence-corrected chi connectivity index (χ4v) is 4.68. The number of aromatic nitrogens is 3. The van der Waals surface area contributed by atoms with Crippen LogP contribution in [0.5, 0.6) is 0 Å². The van der Waals surface area contributed by atoms with E-state index in [-0.39, 0.29) is 0 Å². The summed E-state index contributed by atoms with van der Waals surface area (Å²) in [5, 5.41) is 0. The molecule has 0 amide bonds. The summed E-state index contributed by atoms with van der Waals surface area (Å²) in [6, 6.07) is 0.527. The van der Waals surface area contributed by atoms with Crippen molar-refractivity contribution in [3.8, 4) is 0 Å². The molecule has 1 aliphatic rings. The van der Waals surface area contributed by atoms with Crippen molar-refractivity contribution >= 4 is 39.3 Å². The van der Waals surface area contributed by atoms with Gasteiger partial charge >= 0.3 is 0 Å². The van der Waals surface area contributed by atoms with E-state index in [4.69, 9.17) is 0 Å². The Morgan fingerprint density at radius 3 is 2.95 bits per heavy atom. The molecule has 21 heavy (non-hydrogen) atoms. The molecule has 0 aliphatic carbocycles. The quantitative estimate of drug-likeness (QED) is 0.809. The van der Waals surface area contributed by atoms with E-state index in [2.05, 4.69) is 45.8 Å².